The Bertz CT molecular complexity index is 333. The molecule has 0 bridgehead atoms. The van der Waals surface area contributed by atoms with Crippen LogP contribution < -0.4 is 14.2 Å². The number of ether oxygens (including phenoxy) is 3. The van der Waals surface area contributed by atoms with Gasteiger partial charge in [0, 0.05) is 23.6 Å². The molecule has 0 aliphatic rings. The van der Waals surface area contributed by atoms with Gasteiger partial charge in [0.2, 0.25) is 0 Å². The Morgan fingerprint density at radius 3 is 1.88 bits per heavy atom. The van der Waals surface area contributed by atoms with E-state index in [9.17, 15) is 5.11 Å². The zero-order chi connectivity index (χ0) is 12.8. The molecule has 1 atom stereocenters. The molecule has 0 heterocycles. The maximum absolute atomic E-state index is 9.40. The zero-order valence-corrected chi connectivity index (χ0v) is 10.8. The number of hydrogen-bond donors (Lipinski definition) is 1. The highest BCUT2D eigenvalue weighted by molar-refractivity contribution is 5.52. The van der Waals surface area contributed by atoms with Crippen molar-refractivity contribution in [3.63, 3.8) is 0 Å². The van der Waals surface area contributed by atoms with Crippen LogP contribution in [0.25, 0.3) is 0 Å². The first kappa shape index (κ1) is 13.6. The fraction of sp³-hybridized carbons (Fsp3) is 0.538. The van der Waals surface area contributed by atoms with E-state index in [0.29, 0.717) is 17.2 Å². The Balaban J connectivity index is 3.33. The van der Waals surface area contributed by atoms with Crippen molar-refractivity contribution in [2.24, 2.45) is 0 Å². The van der Waals surface area contributed by atoms with Gasteiger partial charge in [-0.1, -0.05) is 6.92 Å². The van der Waals surface area contributed by atoms with Crippen molar-refractivity contribution in [2.75, 3.05) is 27.9 Å². The maximum Gasteiger partial charge on any atom is 0.129 e. The summed E-state index contributed by atoms with van der Waals surface area (Å²) < 4.78 is 15.9. The van der Waals surface area contributed by atoms with Crippen LogP contribution in [-0.4, -0.2) is 33.0 Å². The second-order valence-electron chi connectivity index (χ2n) is 3.73. The normalized spacial score (nSPS) is 12.1. The Hall–Kier alpha value is -1.42. The van der Waals surface area contributed by atoms with Crippen LogP contribution in [-0.2, 0) is 0 Å². The van der Waals surface area contributed by atoms with Crippen LogP contribution in [0.5, 0.6) is 17.2 Å². The molecule has 0 fully saturated rings. The third kappa shape index (κ3) is 2.82. The van der Waals surface area contributed by atoms with Crippen LogP contribution in [0.3, 0.4) is 0 Å². The van der Waals surface area contributed by atoms with Gasteiger partial charge in [-0.2, -0.15) is 0 Å². The number of hydrogen-bond acceptors (Lipinski definition) is 4. The summed E-state index contributed by atoms with van der Waals surface area (Å²) in [6.07, 6.45) is 0.815. The topological polar surface area (TPSA) is 47.9 Å². The van der Waals surface area contributed by atoms with E-state index in [0.717, 1.165) is 12.0 Å². The monoisotopic (exact) mass is 240 g/mol. The number of aliphatic hydroxyl groups is 1. The van der Waals surface area contributed by atoms with Crippen molar-refractivity contribution in [3.8, 4) is 17.2 Å². The van der Waals surface area contributed by atoms with E-state index in [1.807, 2.05) is 6.92 Å². The molecule has 1 rings (SSSR count). The molecule has 1 unspecified atom stereocenters. The van der Waals surface area contributed by atoms with Gasteiger partial charge in [0.05, 0.1) is 27.9 Å². The molecule has 0 saturated carbocycles. The Labute approximate surface area is 102 Å². The molecule has 17 heavy (non-hydrogen) atoms. The van der Waals surface area contributed by atoms with Crippen molar-refractivity contribution in [1.82, 2.24) is 0 Å². The summed E-state index contributed by atoms with van der Waals surface area (Å²) >= 11 is 0. The van der Waals surface area contributed by atoms with Crippen LogP contribution in [0, 0.1) is 0 Å². The molecular formula is C13H20O4. The first-order valence-electron chi connectivity index (χ1n) is 5.62. The lowest BCUT2D eigenvalue weighted by Crippen LogP contribution is -2.07. The fourth-order valence-corrected chi connectivity index (χ4v) is 1.86. The van der Waals surface area contributed by atoms with Gasteiger partial charge in [0.15, 0.2) is 0 Å². The third-order valence-electron chi connectivity index (χ3n) is 2.87. The first-order valence-corrected chi connectivity index (χ1v) is 5.62. The molecule has 1 N–H and O–H groups in total. The van der Waals surface area contributed by atoms with Crippen molar-refractivity contribution in [1.29, 1.82) is 0 Å². The molecule has 4 heteroatoms. The van der Waals surface area contributed by atoms with Gasteiger partial charge in [-0.15, -0.1) is 0 Å². The smallest absolute Gasteiger partial charge is 0.129 e. The summed E-state index contributed by atoms with van der Waals surface area (Å²) in [6, 6.07) is 3.60. The summed E-state index contributed by atoms with van der Waals surface area (Å²) in [5, 5.41) is 9.40. The van der Waals surface area contributed by atoms with E-state index in [1.54, 1.807) is 33.5 Å². The van der Waals surface area contributed by atoms with Crippen LogP contribution in [0.1, 0.15) is 24.8 Å². The van der Waals surface area contributed by atoms with Crippen molar-refractivity contribution < 1.29 is 19.3 Å². The van der Waals surface area contributed by atoms with Gasteiger partial charge in [-0.3, -0.25) is 0 Å². The predicted octanol–water partition coefficient (Wildman–Crippen LogP) is 2.20. The Kier molecular flexibility index (Phi) is 5.10. The van der Waals surface area contributed by atoms with E-state index < -0.39 is 0 Å². The van der Waals surface area contributed by atoms with Crippen LogP contribution in [0.15, 0.2) is 12.1 Å². The minimum absolute atomic E-state index is 0.00538. The summed E-state index contributed by atoms with van der Waals surface area (Å²) in [7, 11) is 4.79. The number of rotatable bonds is 6. The van der Waals surface area contributed by atoms with Crippen LogP contribution >= 0.6 is 0 Å². The molecule has 0 saturated heterocycles. The average molecular weight is 240 g/mol. The van der Waals surface area contributed by atoms with Gasteiger partial charge in [0.25, 0.3) is 0 Å². The van der Waals surface area contributed by atoms with Gasteiger partial charge in [-0.25, -0.2) is 0 Å². The molecule has 0 spiro atoms. The second-order valence-corrected chi connectivity index (χ2v) is 3.73. The number of methoxy groups -OCH3 is 3. The highest BCUT2D eigenvalue weighted by Gasteiger charge is 2.20. The third-order valence-corrected chi connectivity index (χ3v) is 2.87. The molecule has 0 amide bonds. The van der Waals surface area contributed by atoms with E-state index >= 15 is 0 Å². The summed E-state index contributed by atoms with van der Waals surface area (Å²) in [4.78, 5) is 0. The molecule has 0 radical (unpaired) electrons. The van der Waals surface area contributed by atoms with Crippen molar-refractivity contribution in [2.45, 2.75) is 19.3 Å². The van der Waals surface area contributed by atoms with E-state index in [1.165, 1.54) is 0 Å². The van der Waals surface area contributed by atoms with Crippen molar-refractivity contribution in [3.05, 3.63) is 17.7 Å². The van der Waals surface area contributed by atoms with Gasteiger partial charge in [-0.05, 0) is 6.42 Å². The molecule has 0 aliphatic carbocycles. The lowest BCUT2D eigenvalue weighted by atomic mass is 9.95. The van der Waals surface area contributed by atoms with Gasteiger partial charge >= 0.3 is 0 Å². The number of benzene rings is 1. The van der Waals surface area contributed by atoms with E-state index in [4.69, 9.17) is 14.2 Å². The lowest BCUT2D eigenvalue weighted by molar-refractivity contribution is 0.254. The van der Waals surface area contributed by atoms with Crippen LogP contribution in [0.2, 0.25) is 0 Å². The van der Waals surface area contributed by atoms with E-state index in [2.05, 4.69) is 0 Å². The van der Waals surface area contributed by atoms with E-state index in [-0.39, 0.29) is 12.5 Å². The molecular weight excluding hydrogens is 220 g/mol. The molecule has 4 nitrogen and oxygen atoms in total. The highest BCUT2D eigenvalue weighted by atomic mass is 16.5. The SMILES string of the molecule is CCC(CO)c1c(OC)cc(OC)cc1OC. The average Bonchev–Trinajstić information content (AvgIpc) is 2.39. The largest absolute Gasteiger partial charge is 0.496 e. The Morgan fingerprint density at radius 1 is 1.06 bits per heavy atom. The van der Waals surface area contributed by atoms with Gasteiger partial charge in [0.1, 0.15) is 17.2 Å². The summed E-state index contributed by atoms with van der Waals surface area (Å²) in [5.74, 6) is 2.05. The maximum atomic E-state index is 9.40. The first-order chi connectivity index (χ1) is 8.21. The summed E-state index contributed by atoms with van der Waals surface area (Å²) in [6.45, 7) is 2.08. The molecule has 1 aromatic rings. The highest BCUT2D eigenvalue weighted by Crippen LogP contribution is 2.40. The fourth-order valence-electron chi connectivity index (χ4n) is 1.86. The predicted molar refractivity (Wildman–Crippen MR) is 66.2 cm³/mol. The molecule has 0 aliphatic heterocycles. The molecule has 1 aromatic carbocycles. The minimum atomic E-state index is 0.00538. The zero-order valence-electron chi connectivity index (χ0n) is 10.8. The quantitative estimate of drug-likeness (QED) is 0.828. The standard InChI is InChI=1S/C13H20O4/c1-5-9(8-14)13-11(16-3)6-10(15-2)7-12(13)17-4/h6-7,9,14H,5,8H2,1-4H3. The lowest BCUT2D eigenvalue weighted by Gasteiger charge is -2.20. The Morgan fingerprint density at radius 2 is 1.59 bits per heavy atom. The summed E-state index contributed by atoms with van der Waals surface area (Å²) in [5.41, 5.74) is 0.890. The number of aliphatic hydroxyl groups excluding tert-OH is 1. The molecule has 96 valence electrons. The molecule has 0 aromatic heterocycles. The minimum Gasteiger partial charge on any atom is -0.496 e. The second kappa shape index (κ2) is 6.35. The van der Waals surface area contributed by atoms with Gasteiger partial charge < -0.3 is 19.3 Å². The van der Waals surface area contributed by atoms with Crippen LogP contribution in [0.4, 0.5) is 0 Å². The van der Waals surface area contributed by atoms with Crippen molar-refractivity contribution >= 4 is 0 Å².